The summed E-state index contributed by atoms with van der Waals surface area (Å²) in [6, 6.07) is 36.7. The van der Waals surface area contributed by atoms with Gasteiger partial charge in [0.2, 0.25) is 0 Å². The first-order valence-corrected chi connectivity index (χ1v) is 14.4. The van der Waals surface area contributed by atoms with E-state index in [4.69, 9.17) is 4.99 Å². The zero-order chi connectivity index (χ0) is 26.8. The predicted octanol–water partition coefficient (Wildman–Crippen LogP) is 8.56. The standard InChI is InChI=1S/C33H26BrN3OS/c1-23-29(28-14-8-9-15-30(28)36(23)21-25-16-18-26(34)19-17-25)20-31-32(38)37(22-24-10-4-2-5-11-24)33(39-31)35-27-12-6-3-7-13-27/h2-20H,21-22H2,1H3/b31-20+,35-33?. The van der Waals surface area contributed by atoms with E-state index < -0.39 is 0 Å². The third kappa shape index (κ3) is 5.35. The van der Waals surface area contributed by atoms with E-state index in [-0.39, 0.29) is 5.91 Å². The topological polar surface area (TPSA) is 37.6 Å². The van der Waals surface area contributed by atoms with Crippen molar-refractivity contribution < 1.29 is 4.79 Å². The van der Waals surface area contributed by atoms with E-state index in [2.05, 4.69) is 76.0 Å². The van der Waals surface area contributed by atoms with Gasteiger partial charge in [-0.3, -0.25) is 9.69 Å². The second kappa shape index (κ2) is 11.1. The van der Waals surface area contributed by atoms with Gasteiger partial charge in [-0.2, -0.15) is 0 Å². The fraction of sp³-hybridized carbons (Fsp3) is 0.0909. The van der Waals surface area contributed by atoms with Gasteiger partial charge in [0.1, 0.15) is 0 Å². The van der Waals surface area contributed by atoms with Crippen LogP contribution in [0.15, 0.2) is 124 Å². The van der Waals surface area contributed by atoms with Crippen LogP contribution in [0.3, 0.4) is 0 Å². The highest BCUT2D eigenvalue weighted by Crippen LogP contribution is 2.37. The van der Waals surface area contributed by atoms with Gasteiger partial charge in [-0.25, -0.2) is 4.99 Å². The largest absolute Gasteiger partial charge is 0.340 e. The average molecular weight is 593 g/mol. The summed E-state index contributed by atoms with van der Waals surface area (Å²) in [5.41, 5.74) is 6.46. The molecule has 0 atom stereocenters. The summed E-state index contributed by atoms with van der Waals surface area (Å²) in [6.07, 6.45) is 2.05. The Morgan fingerprint density at radius 1 is 0.795 bits per heavy atom. The first kappa shape index (κ1) is 25.4. The third-order valence-corrected chi connectivity index (χ3v) is 8.40. The molecular formula is C33H26BrN3OS. The molecule has 0 radical (unpaired) electrons. The lowest BCUT2D eigenvalue weighted by Gasteiger charge is -2.15. The van der Waals surface area contributed by atoms with Crippen LogP contribution in [0.2, 0.25) is 0 Å². The maximum Gasteiger partial charge on any atom is 0.267 e. The van der Waals surface area contributed by atoms with Crippen molar-refractivity contribution in [3.05, 3.63) is 141 Å². The van der Waals surface area contributed by atoms with Crippen LogP contribution in [-0.2, 0) is 17.9 Å². The molecule has 1 amide bonds. The van der Waals surface area contributed by atoms with E-state index in [1.54, 1.807) is 4.90 Å². The molecule has 6 heteroatoms. The van der Waals surface area contributed by atoms with E-state index in [0.717, 1.165) is 44.4 Å². The Morgan fingerprint density at radius 3 is 2.18 bits per heavy atom. The molecule has 1 saturated heterocycles. The molecule has 0 aliphatic carbocycles. The van der Waals surface area contributed by atoms with Gasteiger partial charge in [0.05, 0.1) is 17.1 Å². The molecule has 1 aliphatic heterocycles. The monoisotopic (exact) mass is 591 g/mol. The van der Waals surface area contributed by atoms with Crippen molar-refractivity contribution in [2.45, 2.75) is 20.0 Å². The van der Waals surface area contributed by atoms with Crippen molar-refractivity contribution in [3.63, 3.8) is 0 Å². The van der Waals surface area contributed by atoms with Crippen LogP contribution in [0.1, 0.15) is 22.4 Å². The number of benzene rings is 4. The van der Waals surface area contributed by atoms with E-state index in [0.29, 0.717) is 16.6 Å². The minimum Gasteiger partial charge on any atom is -0.340 e. The van der Waals surface area contributed by atoms with Gasteiger partial charge in [0.25, 0.3) is 5.91 Å². The Kier molecular flexibility index (Phi) is 7.22. The summed E-state index contributed by atoms with van der Waals surface area (Å²) >= 11 is 4.97. The van der Waals surface area contributed by atoms with Crippen molar-refractivity contribution in [3.8, 4) is 0 Å². The molecule has 4 nitrogen and oxygen atoms in total. The number of hydrogen-bond donors (Lipinski definition) is 0. The van der Waals surface area contributed by atoms with Crippen molar-refractivity contribution in [2.24, 2.45) is 4.99 Å². The molecule has 0 saturated carbocycles. The number of amides is 1. The van der Waals surface area contributed by atoms with Crippen molar-refractivity contribution in [2.75, 3.05) is 0 Å². The molecule has 2 heterocycles. The Balaban J connectivity index is 1.41. The molecule has 0 unspecified atom stereocenters. The number of fused-ring (bicyclic) bond motifs is 1. The minimum absolute atomic E-state index is 0.0253. The first-order chi connectivity index (χ1) is 19.1. The number of nitrogens with zero attached hydrogens (tertiary/aromatic N) is 3. The van der Waals surface area contributed by atoms with Gasteiger partial charge in [-0.15, -0.1) is 0 Å². The van der Waals surface area contributed by atoms with Crippen LogP contribution < -0.4 is 0 Å². The fourth-order valence-electron chi connectivity index (χ4n) is 4.86. The van der Waals surface area contributed by atoms with E-state index >= 15 is 0 Å². The van der Waals surface area contributed by atoms with E-state index in [9.17, 15) is 4.79 Å². The van der Waals surface area contributed by atoms with Gasteiger partial charge < -0.3 is 4.57 Å². The SMILES string of the molecule is Cc1c(/C=C2/SC(=Nc3ccccc3)N(Cc3ccccc3)C2=O)c2ccccc2n1Cc1ccc(Br)cc1. The molecule has 0 N–H and O–H groups in total. The normalized spacial score (nSPS) is 15.6. The molecule has 1 aromatic heterocycles. The van der Waals surface area contributed by atoms with Crippen molar-refractivity contribution >= 4 is 61.4 Å². The lowest BCUT2D eigenvalue weighted by Crippen LogP contribution is -2.28. The number of carbonyl (C=O) groups excluding carboxylic acids is 1. The van der Waals surface area contributed by atoms with E-state index in [1.165, 1.54) is 17.3 Å². The second-order valence-electron chi connectivity index (χ2n) is 9.45. The number of amidine groups is 1. The summed E-state index contributed by atoms with van der Waals surface area (Å²) in [7, 11) is 0. The van der Waals surface area contributed by atoms with E-state index in [1.807, 2.05) is 66.7 Å². The summed E-state index contributed by atoms with van der Waals surface area (Å²) in [5.74, 6) is -0.0253. The first-order valence-electron chi connectivity index (χ1n) is 12.8. The van der Waals surface area contributed by atoms with Gasteiger partial charge in [0.15, 0.2) is 5.17 Å². The van der Waals surface area contributed by atoms with Gasteiger partial charge in [-0.1, -0.05) is 94.8 Å². The molecule has 192 valence electrons. The molecular weight excluding hydrogens is 566 g/mol. The molecule has 5 aromatic rings. The average Bonchev–Trinajstić information content (AvgIpc) is 3.39. The Hall–Kier alpha value is -3.87. The zero-order valence-electron chi connectivity index (χ0n) is 21.4. The molecule has 4 aromatic carbocycles. The molecule has 1 aliphatic rings. The number of halogens is 1. The predicted molar refractivity (Wildman–Crippen MR) is 166 cm³/mol. The zero-order valence-corrected chi connectivity index (χ0v) is 23.8. The molecule has 0 bridgehead atoms. The van der Waals surface area contributed by atoms with Crippen LogP contribution >= 0.6 is 27.7 Å². The number of para-hydroxylation sites is 2. The van der Waals surface area contributed by atoms with Crippen LogP contribution in [0.5, 0.6) is 0 Å². The molecule has 6 rings (SSSR count). The smallest absolute Gasteiger partial charge is 0.267 e. The summed E-state index contributed by atoms with van der Waals surface area (Å²) < 4.78 is 3.39. The summed E-state index contributed by atoms with van der Waals surface area (Å²) in [6.45, 7) is 3.36. The highest BCUT2D eigenvalue weighted by molar-refractivity contribution is 9.10. The number of rotatable bonds is 6. The third-order valence-electron chi connectivity index (χ3n) is 6.86. The number of aromatic nitrogens is 1. The Morgan fingerprint density at radius 2 is 1.44 bits per heavy atom. The highest BCUT2D eigenvalue weighted by atomic mass is 79.9. The molecule has 0 spiro atoms. The van der Waals surface area contributed by atoms with Gasteiger partial charge >= 0.3 is 0 Å². The number of hydrogen-bond acceptors (Lipinski definition) is 3. The van der Waals surface area contributed by atoms with Crippen LogP contribution in [0.25, 0.3) is 17.0 Å². The minimum atomic E-state index is -0.0253. The maximum absolute atomic E-state index is 13.8. The lowest BCUT2D eigenvalue weighted by molar-refractivity contribution is -0.122. The van der Waals surface area contributed by atoms with Crippen molar-refractivity contribution in [1.29, 1.82) is 0 Å². The van der Waals surface area contributed by atoms with Crippen molar-refractivity contribution in [1.82, 2.24) is 9.47 Å². The number of thioether (sulfide) groups is 1. The summed E-state index contributed by atoms with van der Waals surface area (Å²) in [5, 5.41) is 1.83. The number of aliphatic imine (C=N–C) groups is 1. The second-order valence-corrected chi connectivity index (χ2v) is 11.4. The van der Waals surface area contributed by atoms with Crippen LogP contribution in [0.4, 0.5) is 5.69 Å². The quantitative estimate of drug-likeness (QED) is 0.185. The van der Waals surface area contributed by atoms with Gasteiger partial charge in [0, 0.05) is 33.2 Å². The Bertz CT molecular complexity index is 1710. The fourth-order valence-corrected chi connectivity index (χ4v) is 6.10. The van der Waals surface area contributed by atoms with Gasteiger partial charge in [-0.05, 0) is 66.2 Å². The highest BCUT2D eigenvalue weighted by Gasteiger charge is 2.34. The molecule has 39 heavy (non-hydrogen) atoms. The summed E-state index contributed by atoms with van der Waals surface area (Å²) in [4.78, 5) is 21.2. The van der Waals surface area contributed by atoms with Crippen LogP contribution in [-0.4, -0.2) is 20.5 Å². The van der Waals surface area contributed by atoms with Crippen LogP contribution in [0, 0.1) is 6.92 Å². The lowest BCUT2D eigenvalue weighted by atomic mass is 10.1. The molecule has 1 fully saturated rings. The number of carbonyl (C=O) groups is 1. The Labute approximate surface area is 240 Å². The maximum atomic E-state index is 13.8.